The van der Waals surface area contributed by atoms with Crippen LogP contribution in [0.1, 0.15) is 188 Å². The summed E-state index contributed by atoms with van der Waals surface area (Å²) in [6, 6.07) is 0. The third-order valence-corrected chi connectivity index (χ3v) is 11.1. The van der Waals surface area contributed by atoms with Crippen LogP contribution in [0.2, 0.25) is 0 Å². The molecule has 0 saturated heterocycles. The van der Waals surface area contributed by atoms with Crippen molar-refractivity contribution in [2.75, 3.05) is 19.4 Å². The maximum atomic E-state index is 6.94. The van der Waals surface area contributed by atoms with Crippen molar-refractivity contribution in [1.29, 1.82) is 0 Å². The second-order valence-corrected chi connectivity index (χ2v) is 14.6. The van der Waals surface area contributed by atoms with E-state index in [1.165, 1.54) is 154 Å². The van der Waals surface area contributed by atoms with Crippen LogP contribution in [-0.2, 0) is 13.6 Å². The van der Waals surface area contributed by atoms with Gasteiger partial charge in [0, 0.05) is 0 Å². The van der Waals surface area contributed by atoms with E-state index in [2.05, 4.69) is 20.8 Å². The van der Waals surface area contributed by atoms with E-state index in [1.54, 1.807) is 0 Å². The summed E-state index contributed by atoms with van der Waals surface area (Å²) in [7, 11) is -2.62. The van der Waals surface area contributed by atoms with Gasteiger partial charge in [0.2, 0.25) is 0 Å². The van der Waals surface area contributed by atoms with Gasteiger partial charge in [0.15, 0.2) is 0 Å². The quantitative estimate of drug-likeness (QED) is 0.0724. The molecule has 0 spiro atoms. The summed E-state index contributed by atoms with van der Waals surface area (Å²) >= 11 is 0. The van der Waals surface area contributed by atoms with Gasteiger partial charge in [-0.25, -0.2) is 0 Å². The molecule has 0 aromatic heterocycles. The van der Waals surface area contributed by atoms with Crippen LogP contribution in [0.4, 0.5) is 0 Å². The van der Waals surface area contributed by atoms with Gasteiger partial charge in [-0.15, -0.1) is 0 Å². The predicted molar refractivity (Wildman–Crippen MR) is 167 cm³/mol. The number of hydrogen-bond acceptors (Lipinski definition) is 3. The summed E-state index contributed by atoms with van der Waals surface area (Å²) in [5, 5.41) is 0. The standard InChI is InChI=1S/C33H69O3P/c1-4-7-10-13-16-19-25-30-34-37(36-33-28-23-22-24-29-33,32-27-21-18-15-12-9-6-3)35-31-26-20-17-14-11-8-5-2/h33,37H,4-32H2,1-3H3. The van der Waals surface area contributed by atoms with Crippen molar-refractivity contribution in [2.24, 2.45) is 0 Å². The molecule has 0 radical (unpaired) electrons. The Balaban J connectivity index is 2.59. The first-order valence-corrected chi connectivity index (χ1v) is 19.1. The summed E-state index contributed by atoms with van der Waals surface area (Å²) < 4.78 is 20.5. The van der Waals surface area contributed by atoms with E-state index in [9.17, 15) is 0 Å². The van der Waals surface area contributed by atoms with Crippen molar-refractivity contribution < 1.29 is 13.6 Å². The van der Waals surface area contributed by atoms with E-state index in [-0.39, 0.29) is 0 Å². The average Bonchev–Trinajstić information content (AvgIpc) is 2.92. The van der Waals surface area contributed by atoms with Crippen LogP contribution in [-0.4, -0.2) is 25.5 Å². The van der Waals surface area contributed by atoms with Gasteiger partial charge in [-0.2, -0.15) is 0 Å². The molecule has 0 N–H and O–H groups in total. The molecule has 0 amide bonds. The Kier molecular flexibility index (Phi) is 25.3. The Morgan fingerprint density at radius 3 is 1.27 bits per heavy atom. The SMILES string of the molecule is CCCCCCCCCO[PH](CCCCCCCCC)(OCCCCCCCCC)OC1CCCCC1. The third kappa shape index (κ3) is 20.8. The maximum absolute atomic E-state index is 6.94. The molecule has 4 heteroatoms. The van der Waals surface area contributed by atoms with Gasteiger partial charge in [-0.3, -0.25) is 0 Å². The van der Waals surface area contributed by atoms with Crippen molar-refractivity contribution >= 4 is 7.94 Å². The minimum atomic E-state index is -2.62. The Labute approximate surface area is 234 Å². The molecule has 37 heavy (non-hydrogen) atoms. The van der Waals surface area contributed by atoms with Gasteiger partial charge in [0.05, 0.1) is 0 Å². The molecule has 0 unspecified atom stereocenters. The minimum absolute atomic E-state index is 0.369. The molecule has 0 heterocycles. The Hall–Kier alpha value is 0.310. The Morgan fingerprint density at radius 2 is 0.838 bits per heavy atom. The molecule has 1 saturated carbocycles. The predicted octanol–water partition coefficient (Wildman–Crippen LogP) is 12.1. The molecule has 0 aromatic carbocycles. The van der Waals surface area contributed by atoms with Gasteiger partial charge in [0.25, 0.3) is 0 Å². The first-order chi connectivity index (χ1) is 18.3. The summed E-state index contributed by atoms with van der Waals surface area (Å²) in [6.07, 6.45) is 35.6. The topological polar surface area (TPSA) is 27.7 Å². The first-order valence-electron chi connectivity index (χ1n) is 17.2. The zero-order chi connectivity index (χ0) is 26.7. The summed E-state index contributed by atoms with van der Waals surface area (Å²) in [5.41, 5.74) is 0. The first kappa shape index (κ1) is 35.3. The van der Waals surface area contributed by atoms with Crippen molar-refractivity contribution in [3.63, 3.8) is 0 Å². The van der Waals surface area contributed by atoms with Gasteiger partial charge < -0.3 is 0 Å². The van der Waals surface area contributed by atoms with Gasteiger partial charge in [0.1, 0.15) is 0 Å². The molecule has 0 aromatic rings. The van der Waals surface area contributed by atoms with Crippen molar-refractivity contribution in [2.45, 2.75) is 194 Å². The van der Waals surface area contributed by atoms with Gasteiger partial charge in [-0.05, 0) is 0 Å². The third-order valence-electron chi connectivity index (χ3n) is 8.12. The molecular weight excluding hydrogens is 475 g/mol. The second kappa shape index (κ2) is 26.5. The molecular formula is C33H69O3P. The number of rotatable bonds is 28. The molecule has 1 aliphatic carbocycles. The fourth-order valence-electron chi connectivity index (χ4n) is 5.62. The van der Waals surface area contributed by atoms with E-state index >= 15 is 0 Å². The van der Waals surface area contributed by atoms with Crippen LogP contribution < -0.4 is 0 Å². The van der Waals surface area contributed by atoms with Gasteiger partial charge >= 0.3 is 235 Å². The van der Waals surface area contributed by atoms with Crippen LogP contribution >= 0.6 is 7.94 Å². The molecule has 0 bridgehead atoms. The molecule has 1 fully saturated rings. The zero-order valence-corrected chi connectivity index (χ0v) is 26.8. The zero-order valence-electron chi connectivity index (χ0n) is 25.8. The summed E-state index contributed by atoms with van der Waals surface area (Å²) in [6.45, 7) is 8.55. The normalized spacial score (nSPS) is 15.4. The van der Waals surface area contributed by atoms with Crippen LogP contribution in [0.15, 0.2) is 0 Å². The summed E-state index contributed by atoms with van der Waals surface area (Å²) in [4.78, 5) is 0. The van der Waals surface area contributed by atoms with Crippen molar-refractivity contribution in [3.8, 4) is 0 Å². The van der Waals surface area contributed by atoms with E-state index in [1.807, 2.05) is 0 Å². The number of hydrogen-bond donors (Lipinski definition) is 0. The Bertz CT molecular complexity index is 433. The van der Waals surface area contributed by atoms with E-state index < -0.39 is 7.94 Å². The Morgan fingerprint density at radius 1 is 0.459 bits per heavy atom. The molecule has 1 aliphatic rings. The monoisotopic (exact) mass is 544 g/mol. The summed E-state index contributed by atoms with van der Waals surface area (Å²) in [5.74, 6) is 0. The van der Waals surface area contributed by atoms with E-state index in [4.69, 9.17) is 13.6 Å². The molecule has 1 rings (SSSR count). The molecule has 3 nitrogen and oxygen atoms in total. The molecule has 0 aliphatic heterocycles. The number of unbranched alkanes of at least 4 members (excludes halogenated alkanes) is 18. The molecule has 0 atom stereocenters. The van der Waals surface area contributed by atoms with Crippen LogP contribution in [0.3, 0.4) is 0 Å². The van der Waals surface area contributed by atoms with Crippen molar-refractivity contribution in [3.05, 3.63) is 0 Å². The van der Waals surface area contributed by atoms with E-state index in [0.29, 0.717) is 6.10 Å². The second-order valence-electron chi connectivity index (χ2n) is 11.9. The van der Waals surface area contributed by atoms with Crippen LogP contribution in [0, 0.1) is 0 Å². The fraction of sp³-hybridized carbons (Fsp3) is 1.00. The van der Waals surface area contributed by atoms with Crippen molar-refractivity contribution in [1.82, 2.24) is 0 Å². The van der Waals surface area contributed by atoms with Crippen LogP contribution in [0.5, 0.6) is 0 Å². The average molecular weight is 545 g/mol. The van der Waals surface area contributed by atoms with Gasteiger partial charge in [-0.1, -0.05) is 0 Å². The van der Waals surface area contributed by atoms with E-state index in [0.717, 1.165) is 32.2 Å². The fourth-order valence-corrected chi connectivity index (χ4v) is 8.59. The molecule has 224 valence electrons. The van der Waals surface area contributed by atoms with Crippen LogP contribution in [0.25, 0.3) is 0 Å².